The van der Waals surface area contributed by atoms with E-state index in [9.17, 15) is 4.79 Å². The first-order valence-corrected chi connectivity index (χ1v) is 13.9. The van der Waals surface area contributed by atoms with Crippen LogP contribution in [0, 0.1) is 0 Å². The lowest BCUT2D eigenvalue weighted by Gasteiger charge is -2.32. The first-order chi connectivity index (χ1) is 19.9. The molecule has 0 saturated carbocycles. The number of aliphatic hydroxyl groups is 1. The van der Waals surface area contributed by atoms with Gasteiger partial charge in [0.15, 0.2) is 5.16 Å². The van der Waals surface area contributed by atoms with Crippen molar-refractivity contribution < 1.29 is 33.6 Å². The lowest BCUT2D eigenvalue weighted by molar-refractivity contribution is -0.111. The van der Waals surface area contributed by atoms with Crippen molar-refractivity contribution >= 4 is 35.3 Å². The summed E-state index contributed by atoms with van der Waals surface area (Å²) >= 11 is 1.10. The Morgan fingerprint density at radius 2 is 1.66 bits per heavy atom. The highest BCUT2D eigenvalue weighted by atomic mass is 32.2. The number of hydrogen-bond acceptors (Lipinski definition) is 15. The minimum Gasteiger partial charge on any atom is -0.480 e. The van der Waals surface area contributed by atoms with Gasteiger partial charge in [-0.15, -0.1) is 0 Å². The van der Waals surface area contributed by atoms with Crippen molar-refractivity contribution in [2.75, 3.05) is 109 Å². The highest BCUT2D eigenvalue weighted by molar-refractivity contribution is 7.99. The van der Waals surface area contributed by atoms with Gasteiger partial charge in [-0.2, -0.15) is 9.97 Å². The van der Waals surface area contributed by atoms with Crippen LogP contribution in [0.2, 0.25) is 0 Å². The van der Waals surface area contributed by atoms with Gasteiger partial charge in [0.2, 0.25) is 23.6 Å². The van der Waals surface area contributed by atoms with Crippen molar-refractivity contribution in [1.82, 2.24) is 24.8 Å². The molecule has 0 radical (unpaired) electrons. The van der Waals surface area contributed by atoms with Crippen LogP contribution in [0.4, 0.5) is 17.6 Å². The van der Waals surface area contributed by atoms with Crippen molar-refractivity contribution in [3.05, 3.63) is 18.7 Å². The third-order valence-electron chi connectivity index (χ3n) is 5.57. The number of amides is 1. The fourth-order valence-electron chi connectivity index (χ4n) is 3.50. The number of aromatic nitrogens is 4. The molecule has 4 N–H and O–H groups in total. The van der Waals surface area contributed by atoms with Gasteiger partial charge in [-0.3, -0.25) is 4.79 Å². The van der Waals surface area contributed by atoms with Gasteiger partial charge >= 0.3 is 0 Å². The molecule has 1 fully saturated rings. The number of piperazine rings is 1. The molecule has 0 aliphatic carbocycles. The van der Waals surface area contributed by atoms with Crippen LogP contribution in [-0.4, -0.2) is 129 Å². The lowest BCUT2D eigenvalue weighted by Crippen LogP contribution is -2.45. The first kappa shape index (κ1) is 32.2. The van der Waals surface area contributed by atoms with E-state index < -0.39 is 5.91 Å². The minimum atomic E-state index is -0.430. The Morgan fingerprint density at radius 3 is 2.29 bits per heavy atom. The molecule has 1 aliphatic heterocycles. The van der Waals surface area contributed by atoms with E-state index >= 15 is 0 Å². The van der Waals surface area contributed by atoms with E-state index in [0.29, 0.717) is 43.9 Å². The zero-order valence-electron chi connectivity index (χ0n) is 23.4. The summed E-state index contributed by atoms with van der Waals surface area (Å²) in [6.45, 7) is 9.07. The standard InChI is InChI=1S/C25H38N8O7S/c1-4-20(35)28-19-17-18(26)27-25(29-19)41-21-22(36-3)30-24(33-7-5-32(2)6-8-33)31-23(21)40-16-15-39-14-13-38-12-11-37-10-9-34/h4,17,34H,1,5-16H2,2-3H3,(H3,26,27,28,29,35). The van der Waals surface area contributed by atoms with Gasteiger partial charge in [-0.25, -0.2) is 9.97 Å². The van der Waals surface area contributed by atoms with Crippen LogP contribution < -0.4 is 25.4 Å². The Kier molecular flexibility index (Phi) is 13.8. The van der Waals surface area contributed by atoms with Gasteiger partial charge in [0.1, 0.15) is 23.1 Å². The average molecular weight is 595 g/mol. The predicted octanol–water partition coefficient (Wildman–Crippen LogP) is 0.306. The van der Waals surface area contributed by atoms with Crippen LogP contribution in [0.1, 0.15) is 0 Å². The molecule has 0 bridgehead atoms. The molecule has 2 aromatic rings. The number of nitrogens with zero attached hydrogens (tertiary/aromatic N) is 6. The molecule has 1 saturated heterocycles. The molecule has 3 rings (SSSR count). The molecular formula is C25H38N8O7S. The molecule has 1 amide bonds. The number of nitrogens with two attached hydrogens (primary N) is 1. The quantitative estimate of drug-likeness (QED) is 0.122. The minimum absolute atomic E-state index is 0.0141. The fourth-order valence-corrected chi connectivity index (χ4v) is 4.38. The van der Waals surface area contributed by atoms with Crippen LogP contribution >= 0.6 is 11.8 Å². The molecule has 226 valence electrons. The smallest absolute Gasteiger partial charge is 0.248 e. The zero-order chi connectivity index (χ0) is 29.5. The van der Waals surface area contributed by atoms with Gasteiger partial charge in [-0.1, -0.05) is 6.58 Å². The fraction of sp³-hybridized carbons (Fsp3) is 0.560. The van der Waals surface area contributed by atoms with Crippen molar-refractivity contribution in [2.45, 2.75) is 10.1 Å². The third kappa shape index (κ3) is 10.9. The van der Waals surface area contributed by atoms with Crippen LogP contribution in [0.15, 0.2) is 28.8 Å². The third-order valence-corrected chi connectivity index (χ3v) is 6.49. The van der Waals surface area contributed by atoms with Crippen LogP contribution in [0.5, 0.6) is 11.8 Å². The number of ether oxygens (including phenoxy) is 5. The summed E-state index contributed by atoms with van der Waals surface area (Å²) in [7, 11) is 3.58. The predicted molar refractivity (Wildman–Crippen MR) is 153 cm³/mol. The van der Waals surface area contributed by atoms with E-state index in [-0.39, 0.29) is 48.4 Å². The number of likely N-dealkylation sites (N-methyl/N-ethyl adjacent to an activating group) is 1. The van der Waals surface area contributed by atoms with Gasteiger partial charge in [-0.05, 0) is 24.9 Å². The first-order valence-electron chi connectivity index (χ1n) is 13.1. The maximum atomic E-state index is 11.8. The summed E-state index contributed by atoms with van der Waals surface area (Å²) in [6, 6.07) is 1.44. The maximum Gasteiger partial charge on any atom is 0.248 e. The summed E-state index contributed by atoms with van der Waals surface area (Å²) in [4.78, 5) is 34.5. The van der Waals surface area contributed by atoms with E-state index in [1.54, 1.807) is 0 Å². The topological polar surface area (TPSA) is 180 Å². The Morgan fingerprint density at radius 1 is 1.02 bits per heavy atom. The Balaban J connectivity index is 1.71. The van der Waals surface area contributed by atoms with Gasteiger partial charge in [0.05, 0.1) is 53.4 Å². The molecule has 0 atom stereocenters. The number of aliphatic hydroxyl groups excluding tert-OH is 1. The summed E-state index contributed by atoms with van der Waals surface area (Å²) in [5, 5.41) is 11.5. The molecule has 41 heavy (non-hydrogen) atoms. The summed E-state index contributed by atoms with van der Waals surface area (Å²) in [5.41, 5.74) is 5.96. The number of anilines is 3. The molecule has 1 aliphatic rings. The number of carbonyl (C=O) groups excluding carboxylic acids is 1. The Bertz CT molecular complexity index is 1120. The molecule has 2 aromatic heterocycles. The van der Waals surface area contributed by atoms with Crippen LogP contribution in [0.3, 0.4) is 0 Å². The van der Waals surface area contributed by atoms with Gasteiger partial charge in [0.25, 0.3) is 0 Å². The van der Waals surface area contributed by atoms with E-state index in [2.05, 4.69) is 43.7 Å². The maximum absolute atomic E-state index is 11.8. The van der Waals surface area contributed by atoms with Crippen molar-refractivity contribution in [2.24, 2.45) is 0 Å². The molecule has 0 aromatic carbocycles. The van der Waals surface area contributed by atoms with Crippen LogP contribution in [0.25, 0.3) is 0 Å². The van der Waals surface area contributed by atoms with E-state index in [0.717, 1.165) is 44.0 Å². The van der Waals surface area contributed by atoms with Gasteiger partial charge < -0.3 is 49.6 Å². The number of methoxy groups -OCH3 is 1. The second-order valence-electron chi connectivity index (χ2n) is 8.62. The number of nitrogens with one attached hydrogen (secondary N) is 1. The Hall–Kier alpha value is -3.28. The summed E-state index contributed by atoms with van der Waals surface area (Å²) in [5.74, 6) is 1.000. The molecule has 3 heterocycles. The van der Waals surface area contributed by atoms with Crippen molar-refractivity contribution in [1.29, 1.82) is 0 Å². The summed E-state index contributed by atoms with van der Waals surface area (Å²) < 4.78 is 27.9. The van der Waals surface area contributed by atoms with Gasteiger partial charge in [0, 0.05) is 32.2 Å². The second kappa shape index (κ2) is 17.5. The van der Waals surface area contributed by atoms with Crippen molar-refractivity contribution in [3.8, 4) is 11.8 Å². The Labute approximate surface area is 243 Å². The van der Waals surface area contributed by atoms with E-state index in [1.165, 1.54) is 13.2 Å². The largest absolute Gasteiger partial charge is 0.480 e. The average Bonchev–Trinajstić information content (AvgIpc) is 2.96. The molecule has 0 spiro atoms. The van der Waals surface area contributed by atoms with E-state index in [1.807, 2.05) is 0 Å². The monoisotopic (exact) mass is 594 g/mol. The van der Waals surface area contributed by atoms with E-state index in [4.69, 9.17) is 39.5 Å². The van der Waals surface area contributed by atoms with Crippen molar-refractivity contribution in [3.63, 3.8) is 0 Å². The molecule has 15 nitrogen and oxygen atoms in total. The molecular weight excluding hydrogens is 556 g/mol. The number of rotatable bonds is 18. The number of hydrogen-bond donors (Lipinski definition) is 3. The molecule has 0 unspecified atom stereocenters. The lowest BCUT2D eigenvalue weighted by atomic mass is 10.3. The number of nitrogen functional groups attached to an aromatic ring is 1. The highest BCUT2D eigenvalue weighted by Gasteiger charge is 2.24. The molecule has 16 heteroatoms. The van der Waals surface area contributed by atoms with Crippen LogP contribution in [-0.2, 0) is 19.0 Å². The SMILES string of the molecule is C=CC(=O)Nc1cc(N)nc(Sc2c(OC)nc(N3CCN(C)CC3)nc2OCCOCCOCCOCCO)n1. The summed E-state index contributed by atoms with van der Waals surface area (Å²) in [6.07, 6.45) is 1.13. The zero-order valence-corrected chi connectivity index (χ0v) is 24.2. The normalized spacial score (nSPS) is 13.7. The highest BCUT2D eigenvalue weighted by Crippen LogP contribution is 2.40. The second-order valence-corrected chi connectivity index (χ2v) is 9.60. The number of carbonyl (C=O) groups is 1.